The zero-order chi connectivity index (χ0) is 27.6. The molecule has 0 spiro atoms. The first-order valence-electron chi connectivity index (χ1n) is 12.5. The molecule has 1 amide bonds. The van der Waals surface area contributed by atoms with Crippen LogP contribution in [0.25, 0.3) is 22.0 Å². The summed E-state index contributed by atoms with van der Waals surface area (Å²) in [6.45, 7) is 0.230. The molecule has 3 aromatic carbocycles. The summed E-state index contributed by atoms with van der Waals surface area (Å²) in [5, 5.41) is 13.0. The Morgan fingerprint density at radius 2 is 1.67 bits per heavy atom. The van der Waals surface area contributed by atoms with Crippen LogP contribution in [0.4, 0.5) is 17.6 Å². The molecule has 2 bridgehead atoms. The van der Waals surface area contributed by atoms with Crippen LogP contribution in [0.1, 0.15) is 47.2 Å². The van der Waals surface area contributed by atoms with Gasteiger partial charge in [0.15, 0.2) is 0 Å². The van der Waals surface area contributed by atoms with Crippen LogP contribution in [0.3, 0.4) is 0 Å². The van der Waals surface area contributed by atoms with Gasteiger partial charge in [-0.15, -0.1) is 0 Å². The van der Waals surface area contributed by atoms with E-state index < -0.39 is 29.1 Å². The number of hydrogen-bond acceptors (Lipinski definition) is 2. The molecule has 0 aliphatic heterocycles. The molecular formula is C30H24F4N2O3. The van der Waals surface area contributed by atoms with Crippen LogP contribution in [0, 0.1) is 11.2 Å². The molecule has 200 valence electrons. The molecule has 3 fully saturated rings. The van der Waals surface area contributed by atoms with E-state index in [9.17, 15) is 27.2 Å². The SMILES string of the molecule is O=C(O)CC12CC(NC(=O)c3cc(-c4ccccc4F)cc4ccn(Cc5ccc(C(F)(F)F)cc5)c34)(C1)C2. The van der Waals surface area contributed by atoms with Gasteiger partial charge >= 0.3 is 12.1 Å². The van der Waals surface area contributed by atoms with Crippen LogP contribution >= 0.6 is 0 Å². The number of benzene rings is 3. The average molecular weight is 537 g/mol. The number of alkyl halides is 3. The lowest BCUT2D eigenvalue weighted by atomic mass is 9.38. The molecule has 3 aliphatic carbocycles. The lowest BCUT2D eigenvalue weighted by Crippen LogP contribution is -2.75. The van der Waals surface area contributed by atoms with Gasteiger partial charge in [0.05, 0.1) is 23.1 Å². The minimum absolute atomic E-state index is 0.0770. The maximum absolute atomic E-state index is 14.7. The van der Waals surface area contributed by atoms with E-state index in [1.54, 1.807) is 47.2 Å². The zero-order valence-electron chi connectivity index (χ0n) is 20.7. The van der Waals surface area contributed by atoms with Crippen LogP contribution in [0.5, 0.6) is 0 Å². The van der Waals surface area contributed by atoms with E-state index in [-0.39, 0.29) is 24.3 Å². The number of aliphatic carboxylic acids is 1. The summed E-state index contributed by atoms with van der Waals surface area (Å²) in [5.41, 5.74) is 0.952. The van der Waals surface area contributed by atoms with E-state index in [0.29, 0.717) is 52.4 Å². The Labute approximate surface area is 221 Å². The quantitative estimate of drug-likeness (QED) is 0.260. The lowest BCUT2D eigenvalue weighted by molar-refractivity contribution is -0.172. The van der Waals surface area contributed by atoms with Gasteiger partial charge in [0, 0.05) is 29.2 Å². The van der Waals surface area contributed by atoms with Crippen molar-refractivity contribution in [3.8, 4) is 11.1 Å². The van der Waals surface area contributed by atoms with Crippen LogP contribution in [0.2, 0.25) is 0 Å². The molecule has 7 rings (SSSR count). The molecule has 4 aromatic rings. The van der Waals surface area contributed by atoms with Crippen LogP contribution < -0.4 is 5.32 Å². The van der Waals surface area contributed by atoms with Crippen molar-refractivity contribution in [2.45, 2.75) is 43.9 Å². The van der Waals surface area contributed by atoms with Gasteiger partial charge in [-0.05, 0) is 72.2 Å². The van der Waals surface area contributed by atoms with Crippen molar-refractivity contribution in [2.24, 2.45) is 5.41 Å². The van der Waals surface area contributed by atoms with Crippen molar-refractivity contribution in [1.82, 2.24) is 9.88 Å². The van der Waals surface area contributed by atoms with E-state index >= 15 is 0 Å². The summed E-state index contributed by atoms with van der Waals surface area (Å²) in [7, 11) is 0. The average Bonchev–Trinajstić information content (AvgIpc) is 3.23. The molecule has 1 aromatic heterocycles. The van der Waals surface area contributed by atoms with Gasteiger partial charge in [-0.3, -0.25) is 9.59 Å². The minimum Gasteiger partial charge on any atom is -0.481 e. The van der Waals surface area contributed by atoms with E-state index in [0.717, 1.165) is 12.1 Å². The first kappa shape index (κ1) is 25.2. The fraction of sp³-hybridized carbons (Fsp3) is 0.267. The van der Waals surface area contributed by atoms with Crippen molar-refractivity contribution in [3.05, 3.63) is 95.4 Å². The van der Waals surface area contributed by atoms with Gasteiger partial charge in [0.2, 0.25) is 0 Å². The molecule has 0 radical (unpaired) electrons. The van der Waals surface area contributed by atoms with Gasteiger partial charge in [-0.2, -0.15) is 13.2 Å². The number of aromatic nitrogens is 1. The third kappa shape index (κ3) is 4.45. The van der Waals surface area contributed by atoms with Crippen LogP contribution in [0.15, 0.2) is 72.9 Å². The van der Waals surface area contributed by atoms with E-state index in [1.807, 2.05) is 0 Å². The Balaban J connectivity index is 1.36. The highest BCUT2D eigenvalue weighted by molar-refractivity contribution is 6.08. The summed E-state index contributed by atoms with van der Waals surface area (Å²) >= 11 is 0. The number of halogens is 4. The van der Waals surface area contributed by atoms with Gasteiger partial charge in [0.1, 0.15) is 5.82 Å². The van der Waals surface area contributed by atoms with E-state index in [4.69, 9.17) is 5.11 Å². The number of nitrogens with zero attached hydrogens (tertiary/aromatic N) is 1. The standard InChI is InChI=1S/C30H24F4N2O3/c31-24-4-2-1-3-22(24)20-11-19-9-10-36(14-18-5-7-21(8-6-18)30(32,33)34)26(19)23(12-20)27(39)35-29-15-28(16-29,17-29)13-25(37)38/h1-12H,13-17H2,(H,35,39)(H,37,38). The Hall–Kier alpha value is -4.14. The maximum atomic E-state index is 14.7. The predicted octanol–water partition coefficient (Wildman–Crippen LogP) is 6.64. The second-order valence-corrected chi connectivity index (χ2v) is 10.9. The third-order valence-electron chi connectivity index (χ3n) is 7.97. The Bertz CT molecular complexity index is 1600. The molecule has 9 heteroatoms. The van der Waals surface area contributed by atoms with E-state index in [2.05, 4.69) is 5.32 Å². The monoisotopic (exact) mass is 536 g/mol. The van der Waals surface area contributed by atoms with Crippen molar-refractivity contribution >= 4 is 22.8 Å². The van der Waals surface area contributed by atoms with Crippen LogP contribution in [-0.2, 0) is 17.5 Å². The maximum Gasteiger partial charge on any atom is 0.416 e. The molecule has 0 saturated heterocycles. The molecule has 2 N–H and O–H groups in total. The number of carbonyl (C=O) groups is 2. The molecular weight excluding hydrogens is 512 g/mol. The number of nitrogens with one attached hydrogen (secondary N) is 1. The molecule has 3 aliphatic rings. The highest BCUT2D eigenvalue weighted by Crippen LogP contribution is 2.69. The second-order valence-electron chi connectivity index (χ2n) is 10.9. The van der Waals surface area contributed by atoms with Crippen molar-refractivity contribution < 1.29 is 32.3 Å². The Morgan fingerprint density at radius 3 is 2.31 bits per heavy atom. The minimum atomic E-state index is -4.43. The molecule has 39 heavy (non-hydrogen) atoms. The van der Waals surface area contributed by atoms with Crippen molar-refractivity contribution in [2.75, 3.05) is 0 Å². The highest BCUT2D eigenvalue weighted by Gasteiger charge is 2.68. The number of carboxylic acid groups (broad SMARTS) is 1. The Kier molecular flexibility index (Phi) is 5.61. The smallest absolute Gasteiger partial charge is 0.416 e. The normalized spacial score (nSPS) is 21.7. The number of hydrogen-bond donors (Lipinski definition) is 2. The van der Waals surface area contributed by atoms with Crippen LogP contribution in [-0.4, -0.2) is 27.1 Å². The number of fused-ring (bicyclic) bond motifs is 1. The zero-order valence-corrected chi connectivity index (χ0v) is 20.7. The van der Waals surface area contributed by atoms with E-state index in [1.165, 1.54) is 18.2 Å². The predicted molar refractivity (Wildman–Crippen MR) is 137 cm³/mol. The Morgan fingerprint density at radius 1 is 0.974 bits per heavy atom. The summed E-state index contributed by atoms with van der Waals surface area (Å²) in [6.07, 6.45) is -0.805. The second kappa shape index (κ2) is 8.69. The summed E-state index contributed by atoms with van der Waals surface area (Å²) in [4.78, 5) is 24.9. The summed E-state index contributed by atoms with van der Waals surface area (Å²) in [6, 6.07) is 16.4. The van der Waals surface area contributed by atoms with Gasteiger partial charge < -0.3 is 15.0 Å². The number of amides is 1. The molecule has 1 heterocycles. The molecule has 0 atom stereocenters. The molecule has 0 unspecified atom stereocenters. The number of rotatable bonds is 7. The molecule has 5 nitrogen and oxygen atoms in total. The summed E-state index contributed by atoms with van der Waals surface area (Å²) in [5.74, 6) is -1.63. The van der Waals surface area contributed by atoms with Gasteiger partial charge in [-0.1, -0.05) is 30.3 Å². The first-order valence-corrected chi connectivity index (χ1v) is 12.5. The number of carboxylic acids is 1. The first-order chi connectivity index (χ1) is 18.5. The van der Waals surface area contributed by atoms with Crippen molar-refractivity contribution in [3.63, 3.8) is 0 Å². The van der Waals surface area contributed by atoms with Gasteiger partial charge in [0.25, 0.3) is 5.91 Å². The fourth-order valence-electron chi connectivity index (χ4n) is 6.45. The highest BCUT2D eigenvalue weighted by atomic mass is 19.4. The topological polar surface area (TPSA) is 71.3 Å². The van der Waals surface area contributed by atoms with Crippen molar-refractivity contribution in [1.29, 1.82) is 0 Å². The largest absolute Gasteiger partial charge is 0.481 e. The third-order valence-corrected chi connectivity index (χ3v) is 7.97. The summed E-state index contributed by atoms with van der Waals surface area (Å²) < 4.78 is 55.5. The fourth-order valence-corrected chi connectivity index (χ4v) is 6.45. The lowest BCUT2D eigenvalue weighted by Gasteiger charge is -2.70. The molecule has 3 saturated carbocycles. The number of carbonyl (C=O) groups excluding carboxylic acids is 1. The van der Waals surface area contributed by atoms with Gasteiger partial charge in [-0.25, -0.2) is 4.39 Å².